The van der Waals surface area contributed by atoms with Crippen molar-refractivity contribution < 1.29 is 14.3 Å². The number of benzene rings is 3. The van der Waals surface area contributed by atoms with E-state index >= 15 is 0 Å². The number of aryl methyl sites for hydroxylation is 2. The van der Waals surface area contributed by atoms with Gasteiger partial charge in [-0.05, 0) is 80.8 Å². The van der Waals surface area contributed by atoms with Crippen LogP contribution in [0.15, 0.2) is 66.7 Å². The van der Waals surface area contributed by atoms with Crippen molar-refractivity contribution in [3.63, 3.8) is 0 Å². The number of rotatable bonds is 6. The second-order valence-corrected chi connectivity index (χ2v) is 7.29. The summed E-state index contributed by atoms with van der Waals surface area (Å²) in [6, 6.07) is 20.1. The van der Waals surface area contributed by atoms with Crippen LogP contribution in [0.1, 0.15) is 34.0 Å². The lowest BCUT2D eigenvalue weighted by molar-refractivity contribution is -0.122. The van der Waals surface area contributed by atoms with Crippen LogP contribution in [0.25, 0.3) is 0 Å². The average Bonchev–Trinajstić information content (AvgIpc) is 2.73. The van der Waals surface area contributed by atoms with Crippen LogP contribution in [-0.2, 0) is 4.79 Å². The molecular weight excluding hydrogens is 376 g/mol. The third-order valence-corrected chi connectivity index (χ3v) is 5.05. The van der Waals surface area contributed by atoms with Gasteiger partial charge in [0, 0.05) is 16.9 Å². The Morgan fingerprint density at radius 1 is 0.767 bits per heavy atom. The van der Waals surface area contributed by atoms with Crippen molar-refractivity contribution in [2.75, 3.05) is 10.6 Å². The Hall–Kier alpha value is -3.60. The van der Waals surface area contributed by atoms with E-state index in [1.165, 1.54) is 0 Å². The summed E-state index contributed by atoms with van der Waals surface area (Å²) in [6.07, 6.45) is -0.681. The Morgan fingerprint density at radius 3 is 2.10 bits per heavy atom. The number of nitrogens with one attached hydrogen (secondary N) is 2. The minimum absolute atomic E-state index is 0.194. The first kappa shape index (κ1) is 21.1. The fourth-order valence-electron chi connectivity index (χ4n) is 2.97. The van der Waals surface area contributed by atoms with E-state index in [-0.39, 0.29) is 11.8 Å². The second-order valence-electron chi connectivity index (χ2n) is 7.29. The monoisotopic (exact) mass is 402 g/mol. The maximum atomic E-state index is 12.5. The molecule has 0 saturated heterocycles. The van der Waals surface area contributed by atoms with Crippen molar-refractivity contribution in [1.82, 2.24) is 0 Å². The number of carbonyl (C=O) groups excluding carboxylic acids is 2. The highest BCUT2D eigenvalue weighted by atomic mass is 16.5. The van der Waals surface area contributed by atoms with Crippen LogP contribution < -0.4 is 15.4 Å². The maximum Gasteiger partial charge on any atom is 0.265 e. The molecule has 154 valence electrons. The normalized spacial score (nSPS) is 11.5. The summed E-state index contributed by atoms with van der Waals surface area (Å²) in [6.45, 7) is 7.61. The number of anilines is 2. The van der Waals surface area contributed by atoms with Gasteiger partial charge in [0.2, 0.25) is 0 Å². The van der Waals surface area contributed by atoms with Gasteiger partial charge in [-0.1, -0.05) is 30.3 Å². The predicted octanol–water partition coefficient (Wildman–Crippen LogP) is 5.27. The lowest BCUT2D eigenvalue weighted by Gasteiger charge is -2.16. The van der Waals surface area contributed by atoms with E-state index in [4.69, 9.17) is 4.74 Å². The fourth-order valence-corrected chi connectivity index (χ4v) is 2.97. The van der Waals surface area contributed by atoms with Crippen molar-refractivity contribution in [3.05, 3.63) is 89.0 Å². The van der Waals surface area contributed by atoms with Gasteiger partial charge >= 0.3 is 0 Å². The molecule has 5 nitrogen and oxygen atoms in total. The van der Waals surface area contributed by atoms with Gasteiger partial charge in [-0.25, -0.2) is 0 Å². The molecule has 2 N–H and O–H groups in total. The molecule has 5 heteroatoms. The molecule has 3 rings (SSSR count). The van der Waals surface area contributed by atoms with E-state index in [0.29, 0.717) is 11.3 Å². The van der Waals surface area contributed by atoms with E-state index in [1.54, 1.807) is 31.2 Å². The van der Waals surface area contributed by atoms with Crippen LogP contribution >= 0.6 is 0 Å². The topological polar surface area (TPSA) is 67.4 Å². The standard InChI is InChI=1S/C25H26N2O3/c1-16-9-7-11-23(18(16)3)27-25(29)20-12-14-21(15-13-20)30-19(4)24(28)26-22-10-6-5-8-17(22)2/h5-15,19H,1-4H3,(H,26,28)(H,27,29). The predicted molar refractivity (Wildman–Crippen MR) is 120 cm³/mol. The molecule has 0 fully saturated rings. The van der Waals surface area contributed by atoms with Crippen molar-refractivity contribution in [3.8, 4) is 5.75 Å². The highest BCUT2D eigenvalue weighted by Crippen LogP contribution is 2.20. The largest absolute Gasteiger partial charge is 0.481 e. The fraction of sp³-hybridized carbons (Fsp3) is 0.200. The van der Waals surface area contributed by atoms with Gasteiger partial charge in [-0.2, -0.15) is 0 Å². The zero-order chi connectivity index (χ0) is 21.7. The number of hydrogen-bond donors (Lipinski definition) is 2. The van der Waals surface area contributed by atoms with Crippen LogP contribution in [0.4, 0.5) is 11.4 Å². The van der Waals surface area contributed by atoms with Gasteiger partial charge in [-0.3, -0.25) is 9.59 Å². The number of hydrogen-bond acceptors (Lipinski definition) is 3. The summed E-state index contributed by atoms with van der Waals surface area (Å²) < 4.78 is 5.73. The van der Waals surface area contributed by atoms with Gasteiger partial charge in [-0.15, -0.1) is 0 Å². The van der Waals surface area contributed by atoms with Crippen LogP contribution in [0.3, 0.4) is 0 Å². The molecule has 2 amide bonds. The van der Waals surface area contributed by atoms with Gasteiger partial charge < -0.3 is 15.4 Å². The number of amides is 2. The van der Waals surface area contributed by atoms with E-state index in [1.807, 2.05) is 63.2 Å². The molecule has 0 radical (unpaired) electrons. The summed E-state index contributed by atoms with van der Waals surface area (Å²) in [4.78, 5) is 24.9. The third kappa shape index (κ3) is 5.06. The minimum atomic E-state index is -0.681. The van der Waals surface area contributed by atoms with E-state index in [2.05, 4.69) is 10.6 Å². The number of carbonyl (C=O) groups is 2. The van der Waals surface area contributed by atoms with Crippen molar-refractivity contribution >= 4 is 23.2 Å². The summed E-state index contributed by atoms with van der Waals surface area (Å²) in [5.41, 5.74) is 5.21. The Kier molecular flexibility index (Phi) is 6.52. The maximum absolute atomic E-state index is 12.5. The summed E-state index contributed by atoms with van der Waals surface area (Å²) in [7, 11) is 0. The zero-order valence-corrected chi connectivity index (χ0v) is 17.7. The molecular formula is C25H26N2O3. The summed E-state index contributed by atoms with van der Waals surface area (Å²) >= 11 is 0. The zero-order valence-electron chi connectivity index (χ0n) is 17.7. The molecule has 1 atom stereocenters. The van der Waals surface area contributed by atoms with Crippen molar-refractivity contribution in [2.45, 2.75) is 33.8 Å². The SMILES string of the molecule is Cc1ccccc1NC(=O)C(C)Oc1ccc(C(=O)Nc2cccc(C)c2C)cc1. The lowest BCUT2D eigenvalue weighted by Crippen LogP contribution is -2.30. The van der Waals surface area contributed by atoms with Gasteiger partial charge in [0.25, 0.3) is 11.8 Å². The average molecular weight is 402 g/mol. The molecule has 0 aliphatic carbocycles. The lowest BCUT2D eigenvalue weighted by atomic mass is 10.1. The molecule has 0 bridgehead atoms. The highest BCUT2D eigenvalue weighted by molar-refractivity contribution is 6.04. The molecule has 3 aromatic rings. The van der Waals surface area contributed by atoms with Gasteiger partial charge in [0.05, 0.1) is 0 Å². The Bertz CT molecular complexity index is 1060. The van der Waals surface area contributed by atoms with Crippen molar-refractivity contribution in [2.24, 2.45) is 0 Å². The number of para-hydroxylation sites is 1. The minimum Gasteiger partial charge on any atom is -0.481 e. The Labute approximate surface area is 177 Å². The Morgan fingerprint density at radius 2 is 1.40 bits per heavy atom. The van der Waals surface area contributed by atoms with Gasteiger partial charge in [0.1, 0.15) is 5.75 Å². The molecule has 3 aromatic carbocycles. The number of ether oxygens (including phenoxy) is 1. The smallest absolute Gasteiger partial charge is 0.265 e. The van der Waals surface area contributed by atoms with Crippen LogP contribution in [0.2, 0.25) is 0 Å². The first-order chi connectivity index (χ1) is 14.3. The molecule has 0 spiro atoms. The quantitative estimate of drug-likeness (QED) is 0.590. The van der Waals surface area contributed by atoms with Crippen molar-refractivity contribution in [1.29, 1.82) is 0 Å². The molecule has 0 aromatic heterocycles. The first-order valence-electron chi connectivity index (χ1n) is 9.86. The molecule has 0 saturated carbocycles. The Balaban J connectivity index is 1.61. The van der Waals surface area contributed by atoms with Crippen LogP contribution in [0.5, 0.6) is 5.75 Å². The van der Waals surface area contributed by atoms with Crippen LogP contribution in [0, 0.1) is 20.8 Å². The second kappa shape index (κ2) is 9.27. The third-order valence-electron chi connectivity index (χ3n) is 5.05. The molecule has 30 heavy (non-hydrogen) atoms. The molecule has 1 unspecified atom stereocenters. The van der Waals surface area contributed by atoms with E-state index < -0.39 is 6.10 Å². The first-order valence-corrected chi connectivity index (χ1v) is 9.86. The molecule has 0 aliphatic rings. The van der Waals surface area contributed by atoms with E-state index in [9.17, 15) is 9.59 Å². The summed E-state index contributed by atoms with van der Waals surface area (Å²) in [5, 5.41) is 5.80. The molecule has 0 heterocycles. The summed E-state index contributed by atoms with van der Waals surface area (Å²) in [5.74, 6) is 0.0901. The van der Waals surface area contributed by atoms with Crippen LogP contribution in [-0.4, -0.2) is 17.9 Å². The van der Waals surface area contributed by atoms with Gasteiger partial charge in [0.15, 0.2) is 6.10 Å². The van der Waals surface area contributed by atoms with E-state index in [0.717, 1.165) is 28.1 Å². The highest BCUT2D eigenvalue weighted by Gasteiger charge is 2.16. The molecule has 0 aliphatic heterocycles.